The molecule has 0 aromatic heterocycles. The predicted octanol–water partition coefficient (Wildman–Crippen LogP) is 2.18. The molecule has 1 aromatic rings. The van der Waals surface area contributed by atoms with Crippen molar-refractivity contribution in [2.24, 2.45) is 0 Å². The lowest BCUT2D eigenvalue weighted by atomic mass is 10.1. The third-order valence-corrected chi connectivity index (χ3v) is 4.42. The molecule has 0 aliphatic carbocycles. The molecule has 0 heterocycles. The molecule has 1 aromatic carbocycles. The van der Waals surface area contributed by atoms with E-state index in [2.05, 4.69) is 16.1 Å². The second kappa shape index (κ2) is 7.99. The highest BCUT2D eigenvalue weighted by Crippen LogP contribution is 2.23. The molecule has 0 bridgehead atoms. The van der Waals surface area contributed by atoms with Gasteiger partial charge in [-0.1, -0.05) is 19.6 Å². The Labute approximate surface area is 149 Å². The fourth-order valence-electron chi connectivity index (χ4n) is 2.59. The lowest BCUT2D eigenvalue weighted by Crippen LogP contribution is -2.56. The van der Waals surface area contributed by atoms with Crippen molar-refractivity contribution in [1.82, 2.24) is 5.32 Å². The highest BCUT2D eigenvalue weighted by molar-refractivity contribution is 7.81. The monoisotopic (exact) mass is 371 g/mol. The van der Waals surface area contributed by atoms with Gasteiger partial charge in [-0.25, -0.2) is 0 Å². The van der Waals surface area contributed by atoms with E-state index in [1.54, 1.807) is 19.1 Å². The van der Waals surface area contributed by atoms with Gasteiger partial charge in [0.05, 0.1) is 14.1 Å². The fraction of sp³-hybridized carbons (Fsp3) is 0.471. The standard InChI is InChI=1S/C17H26N2O5S/c1-7-16(18-17(20)12(2)3)19(5,6)11-14-10-15(9-8-13(14)4)24-25(21,22)23/h8-10,16H,2,7,11H2,1,3-6H3,(H-,18,20,21,22,23)/p+1. The van der Waals surface area contributed by atoms with Gasteiger partial charge >= 0.3 is 10.4 Å². The highest BCUT2D eigenvalue weighted by atomic mass is 32.3. The Balaban J connectivity index is 3.06. The summed E-state index contributed by atoms with van der Waals surface area (Å²) in [6.07, 6.45) is 0.571. The number of hydrogen-bond donors (Lipinski definition) is 2. The van der Waals surface area contributed by atoms with Crippen LogP contribution in [0.4, 0.5) is 0 Å². The Morgan fingerprint density at radius 2 is 2.00 bits per heavy atom. The molecule has 0 spiro atoms. The molecule has 8 heteroatoms. The quantitative estimate of drug-likeness (QED) is 0.316. The van der Waals surface area contributed by atoms with E-state index in [9.17, 15) is 13.2 Å². The van der Waals surface area contributed by atoms with E-state index in [-0.39, 0.29) is 17.8 Å². The van der Waals surface area contributed by atoms with E-state index < -0.39 is 10.4 Å². The number of nitrogens with zero attached hydrogens (tertiary/aromatic N) is 1. The first-order valence-corrected chi connectivity index (χ1v) is 9.27. The second-order valence-corrected chi connectivity index (χ2v) is 7.74. The summed E-state index contributed by atoms with van der Waals surface area (Å²) in [5.41, 5.74) is 2.25. The number of aryl methyl sites for hydroxylation is 1. The number of hydrogen-bond acceptors (Lipinski definition) is 4. The van der Waals surface area contributed by atoms with E-state index in [1.807, 2.05) is 27.9 Å². The number of quaternary nitrogens is 1. The molecule has 1 rings (SSSR count). The molecule has 0 fully saturated rings. The average molecular weight is 371 g/mol. The van der Waals surface area contributed by atoms with E-state index in [4.69, 9.17) is 4.55 Å². The zero-order chi connectivity index (χ0) is 19.4. The number of amides is 1. The largest absolute Gasteiger partial charge is 0.446 e. The molecule has 2 N–H and O–H groups in total. The first-order valence-electron chi connectivity index (χ1n) is 7.91. The molecule has 0 radical (unpaired) electrons. The third kappa shape index (κ3) is 6.49. The highest BCUT2D eigenvalue weighted by Gasteiger charge is 2.29. The number of nitrogens with one attached hydrogen (secondary N) is 1. The summed E-state index contributed by atoms with van der Waals surface area (Å²) in [6.45, 7) is 9.72. The van der Waals surface area contributed by atoms with Gasteiger partial charge in [-0.2, -0.15) is 8.42 Å². The summed E-state index contributed by atoms with van der Waals surface area (Å²) in [5, 5.41) is 2.97. The van der Waals surface area contributed by atoms with Gasteiger partial charge in [-0.3, -0.25) is 9.35 Å². The maximum atomic E-state index is 12.0. The van der Waals surface area contributed by atoms with Crippen molar-refractivity contribution in [2.75, 3.05) is 14.1 Å². The van der Waals surface area contributed by atoms with Crippen molar-refractivity contribution < 1.29 is 26.4 Å². The minimum absolute atomic E-state index is 0.0436. The Kier molecular flexibility index (Phi) is 6.75. The SMILES string of the molecule is C=C(C)C(=O)NC(CC)[N+](C)(C)Cc1cc(OS(=O)(=O)O)ccc1C. The average Bonchev–Trinajstić information content (AvgIpc) is 2.45. The first kappa shape index (κ1) is 21.1. The normalized spacial score (nSPS) is 13.2. The van der Waals surface area contributed by atoms with Crippen LogP contribution in [0.2, 0.25) is 0 Å². The van der Waals surface area contributed by atoms with Gasteiger partial charge in [0.25, 0.3) is 5.91 Å². The van der Waals surface area contributed by atoms with E-state index in [1.165, 1.54) is 6.07 Å². The van der Waals surface area contributed by atoms with Crippen LogP contribution >= 0.6 is 0 Å². The van der Waals surface area contributed by atoms with Crippen molar-refractivity contribution in [2.45, 2.75) is 39.9 Å². The van der Waals surface area contributed by atoms with Gasteiger partial charge in [-0.05, 0) is 31.5 Å². The molecule has 0 saturated carbocycles. The van der Waals surface area contributed by atoms with Crippen molar-refractivity contribution >= 4 is 16.3 Å². The zero-order valence-corrected chi connectivity index (χ0v) is 16.2. The lowest BCUT2D eigenvalue weighted by Gasteiger charge is -2.38. The molecule has 7 nitrogen and oxygen atoms in total. The maximum absolute atomic E-state index is 12.0. The Bertz CT molecular complexity index is 756. The van der Waals surface area contributed by atoms with Crippen LogP contribution in [0, 0.1) is 6.92 Å². The van der Waals surface area contributed by atoms with Crippen molar-refractivity contribution in [1.29, 1.82) is 0 Å². The van der Waals surface area contributed by atoms with Crippen LogP contribution in [0.25, 0.3) is 0 Å². The smallest absolute Gasteiger partial charge is 0.362 e. The first-order chi connectivity index (χ1) is 11.4. The summed E-state index contributed by atoms with van der Waals surface area (Å²) in [7, 11) is -0.619. The molecule has 1 atom stereocenters. The van der Waals surface area contributed by atoms with Gasteiger partial charge in [-0.15, -0.1) is 0 Å². The van der Waals surface area contributed by atoms with Gasteiger partial charge in [0.1, 0.15) is 12.3 Å². The number of carbonyl (C=O) groups excluding carboxylic acids is 1. The van der Waals surface area contributed by atoms with Crippen LogP contribution in [-0.4, -0.2) is 43.6 Å². The zero-order valence-electron chi connectivity index (χ0n) is 15.4. The number of rotatable bonds is 8. The van der Waals surface area contributed by atoms with Crippen LogP contribution in [-0.2, 0) is 21.7 Å². The Morgan fingerprint density at radius 3 is 2.48 bits per heavy atom. The Morgan fingerprint density at radius 1 is 1.40 bits per heavy atom. The third-order valence-electron chi connectivity index (χ3n) is 4.02. The fourth-order valence-corrected chi connectivity index (χ4v) is 2.93. The van der Waals surface area contributed by atoms with Crippen molar-refractivity contribution in [3.8, 4) is 5.75 Å². The summed E-state index contributed by atoms with van der Waals surface area (Å²) >= 11 is 0. The van der Waals surface area contributed by atoms with Gasteiger partial charge in [0.2, 0.25) is 0 Å². The minimum atomic E-state index is -4.57. The molecule has 0 saturated heterocycles. The molecule has 1 unspecified atom stereocenters. The summed E-state index contributed by atoms with van der Waals surface area (Å²) in [4.78, 5) is 12.0. The summed E-state index contributed by atoms with van der Waals surface area (Å²) in [6, 6.07) is 4.78. The van der Waals surface area contributed by atoms with E-state index in [0.717, 1.165) is 11.1 Å². The van der Waals surface area contributed by atoms with Crippen molar-refractivity contribution in [3.63, 3.8) is 0 Å². The molecule has 0 aliphatic heterocycles. The number of benzene rings is 1. The maximum Gasteiger partial charge on any atom is 0.446 e. The molecule has 0 aliphatic rings. The molecule has 1 amide bonds. The minimum Gasteiger partial charge on any atom is -0.362 e. The number of carbonyl (C=O) groups is 1. The predicted molar refractivity (Wildman–Crippen MR) is 96.2 cm³/mol. The Hall–Kier alpha value is -1.90. The van der Waals surface area contributed by atoms with Gasteiger partial charge < -0.3 is 14.0 Å². The van der Waals surface area contributed by atoms with Crippen molar-refractivity contribution in [3.05, 3.63) is 41.5 Å². The van der Waals surface area contributed by atoms with E-state index >= 15 is 0 Å². The summed E-state index contributed by atoms with van der Waals surface area (Å²) < 4.78 is 35.6. The second-order valence-electron chi connectivity index (χ2n) is 6.71. The van der Waals surface area contributed by atoms with Crippen LogP contribution in [0.1, 0.15) is 31.4 Å². The molecule has 25 heavy (non-hydrogen) atoms. The molecule has 140 valence electrons. The van der Waals surface area contributed by atoms with Crippen LogP contribution < -0.4 is 9.50 Å². The summed E-state index contributed by atoms with van der Waals surface area (Å²) in [5.74, 6) is -0.152. The van der Waals surface area contributed by atoms with Gasteiger partial charge in [0.15, 0.2) is 6.17 Å². The topological polar surface area (TPSA) is 92.7 Å². The molecular weight excluding hydrogens is 344 g/mol. The molecular formula is C17H27N2O5S+. The van der Waals surface area contributed by atoms with Gasteiger partial charge in [0, 0.05) is 17.6 Å². The van der Waals surface area contributed by atoms with Crippen LogP contribution in [0.5, 0.6) is 5.75 Å². The van der Waals surface area contributed by atoms with Crippen LogP contribution in [0.15, 0.2) is 30.4 Å². The van der Waals surface area contributed by atoms with E-state index in [0.29, 0.717) is 23.0 Å². The lowest BCUT2D eigenvalue weighted by molar-refractivity contribution is -0.930. The van der Waals surface area contributed by atoms with Crippen LogP contribution in [0.3, 0.4) is 0 Å².